The topological polar surface area (TPSA) is 83.5 Å². The van der Waals surface area contributed by atoms with Gasteiger partial charge in [0.1, 0.15) is 5.75 Å². The van der Waals surface area contributed by atoms with Crippen LogP contribution in [0.15, 0.2) is 0 Å². The first kappa shape index (κ1) is 10.5. The smallest absolute Gasteiger partial charge is 0.318 e. The summed E-state index contributed by atoms with van der Waals surface area (Å²) in [7, 11) is -3.42. The Kier molecular flexibility index (Phi) is 3.27. The highest BCUT2D eigenvalue weighted by molar-refractivity contribution is 7.92. The van der Waals surface area contributed by atoms with Crippen molar-refractivity contribution >= 4 is 15.8 Å². The van der Waals surface area contributed by atoms with E-state index in [4.69, 9.17) is 5.11 Å². The van der Waals surface area contributed by atoms with Gasteiger partial charge in [0.05, 0.1) is 5.25 Å². The summed E-state index contributed by atoms with van der Waals surface area (Å²) < 4.78 is 22.8. The summed E-state index contributed by atoms with van der Waals surface area (Å²) in [5.41, 5.74) is 0. The molecule has 13 heavy (non-hydrogen) atoms. The SMILES string of the molecule is O=C(O)CS(=O)(=O)C1CCNCC1. The van der Waals surface area contributed by atoms with Crippen molar-refractivity contribution in [2.24, 2.45) is 0 Å². The molecule has 0 aromatic rings. The summed E-state index contributed by atoms with van der Waals surface area (Å²) in [5, 5.41) is 10.9. The van der Waals surface area contributed by atoms with Gasteiger partial charge in [0, 0.05) is 0 Å². The molecule has 1 aliphatic heterocycles. The molecule has 0 atom stereocenters. The molecule has 0 saturated carbocycles. The second-order valence-corrected chi connectivity index (χ2v) is 5.43. The molecule has 1 saturated heterocycles. The standard InChI is InChI=1S/C7H13NO4S/c9-7(10)5-13(11,12)6-1-3-8-4-2-6/h6,8H,1-5H2,(H,9,10). The first-order chi connectivity index (χ1) is 6.02. The molecular weight excluding hydrogens is 194 g/mol. The lowest BCUT2D eigenvalue weighted by Crippen LogP contribution is -2.38. The molecule has 6 heteroatoms. The van der Waals surface area contributed by atoms with E-state index in [0.29, 0.717) is 25.9 Å². The van der Waals surface area contributed by atoms with E-state index in [1.807, 2.05) is 0 Å². The van der Waals surface area contributed by atoms with Crippen molar-refractivity contribution in [2.45, 2.75) is 18.1 Å². The van der Waals surface area contributed by atoms with E-state index in [-0.39, 0.29) is 0 Å². The van der Waals surface area contributed by atoms with Crippen molar-refractivity contribution in [1.29, 1.82) is 0 Å². The van der Waals surface area contributed by atoms with E-state index >= 15 is 0 Å². The molecular formula is C7H13NO4S. The van der Waals surface area contributed by atoms with Gasteiger partial charge >= 0.3 is 5.97 Å². The summed E-state index contributed by atoms with van der Waals surface area (Å²) in [5.74, 6) is -2.00. The van der Waals surface area contributed by atoms with Crippen LogP contribution in [0.2, 0.25) is 0 Å². The average molecular weight is 207 g/mol. The van der Waals surface area contributed by atoms with Crippen LogP contribution in [-0.4, -0.2) is 43.6 Å². The molecule has 2 N–H and O–H groups in total. The van der Waals surface area contributed by atoms with Gasteiger partial charge < -0.3 is 10.4 Å². The van der Waals surface area contributed by atoms with Crippen LogP contribution < -0.4 is 5.32 Å². The van der Waals surface area contributed by atoms with Crippen LogP contribution in [0, 0.1) is 0 Å². The fourth-order valence-corrected chi connectivity index (χ4v) is 2.98. The average Bonchev–Trinajstić information content (AvgIpc) is 2.04. The number of carboxylic acids is 1. The molecule has 1 rings (SSSR count). The Balaban J connectivity index is 2.62. The fraction of sp³-hybridized carbons (Fsp3) is 0.857. The van der Waals surface area contributed by atoms with Crippen LogP contribution >= 0.6 is 0 Å². The van der Waals surface area contributed by atoms with Crippen molar-refractivity contribution in [3.63, 3.8) is 0 Å². The molecule has 1 fully saturated rings. The van der Waals surface area contributed by atoms with Gasteiger partial charge in [-0.3, -0.25) is 4.79 Å². The molecule has 1 aliphatic rings. The summed E-state index contributed by atoms with van der Waals surface area (Å²) in [6.45, 7) is 1.31. The normalized spacial score (nSPS) is 20.0. The molecule has 76 valence electrons. The molecule has 0 bridgehead atoms. The first-order valence-corrected chi connectivity index (χ1v) is 5.88. The van der Waals surface area contributed by atoms with E-state index in [9.17, 15) is 13.2 Å². The molecule has 0 aromatic carbocycles. The summed E-state index contributed by atoms with van der Waals surface area (Å²) in [6.07, 6.45) is 1.05. The van der Waals surface area contributed by atoms with Crippen LogP contribution in [0.5, 0.6) is 0 Å². The maximum Gasteiger partial charge on any atom is 0.318 e. The first-order valence-electron chi connectivity index (χ1n) is 4.16. The minimum absolute atomic E-state index is 0.468. The number of hydrogen-bond donors (Lipinski definition) is 2. The third kappa shape index (κ3) is 2.96. The van der Waals surface area contributed by atoms with E-state index < -0.39 is 26.8 Å². The van der Waals surface area contributed by atoms with Crippen molar-refractivity contribution in [2.75, 3.05) is 18.8 Å². The van der Waals surface area contributed by atoms with Crippen molar-refractivity contribution in [3.8, 4) is 0 Å². The van der Waals surface area contributed by atoms with Crippen LogP contribution in [0.25, 0.3) is 0 Å². The van der Waals surface area contributed by atoms with E-state index in [1.165, 1.54) is 0 Å². The van der Waals surface area contributed by atoms with Gasteiger partial charge in [-0.25, -0.2) is 8.42 Å². The zero-order valence-corrected chi connectivity index (χ0v) is 8.01. The third-order valence-corrected chi connectivity index (χ3v) is 4.26. The van der Waals surface area contributed by atoms with Crippen molar-refractivity contribution in [3.05, 3.63) is 0 Å². The predicted octanol–water partition coefficient (Wildman–Crippen LogP) is -0.762. The number of hydrogen-bond acceptors (Lipinski definition) is 4. The highest BCUT2D eigenvalue weighted by atomic mass is 32.2. The molecule has 0 aromatic heterocycles. The minimum atomic E-state index is -3.42. The molecule has 5 nitrogen and oxygen atoms in total. The van der Waals surface area contributed by atoms with Crippen LogP contribution in [0.4, 0.5) is 0 Å². The Hall–Kier alpha value is -0.620. The largest absolute Gasteiger partial charge is 0.480 e. The predicted molar refractivity (Wildman–Crippen MR) is 47.3 cm³/mol. The Morgan fingerprint density at radius 3 is 2.38 bits per heavy atom. The quantitative estimate of drug-likeness (QED) is 0.635. The van der Waals surface area contributed by atoms with E-state index in [1.54, 1.807) is 0 Å². The highest BCUT2D eigenvalue weighted by Crippen LogP contribution is 2.13. The van der Waals surface area contributed by atoms with Gasteiger partial charge in [0.15, 0.2) is 9.84 Å². The van der Waals surface area contributed by atoms with Crippen LogP contribution in [-0.2, 0) is 14.6 Å². The molecule has 0 radical (unpaired) electrons. The number of carboxylic acid groups (broad SMARTS) is 1. The second-order valence-electron chi connectivity index (χ2n) is 3.15. The number of rotatable bonds is 3. The zero-order chi connectivity index (χ0) is 9.90. The van der Waals surface area contributed by atoms with Gasteiger partial charge in [-0.05, 0) is 25.9 Å². The molecule has 0 spiro atoms. The van der Waals surface area contributed by atoms with Gasteiger partial charge in [-0.2, -0.15) is 0 Å². The Labute approximate surface area is 77.1 Å². The van der Waals surface area contributed by atoms with Gasteiger partial charge in [-0.15, -0.1) is 0 Å². The molecule has 1 heterocycles. The van der Waals surface area contributed by atoms with Crippen LogP contribution in [0.1, 0.15) is 12.8 Å². The van der Waals surface area contributed by atoms with Gasteiger partial charge in [0.2, 0.25) is 0 Å². The van der Waals surface area contributed by atoms with Crippen LogP contribution in [0.3, 0.4) is 0 Å². The van der Waals surface area contributed by atoms with Gasteiger partial charge in [0.25, 0.3) is 0 Å². The number of sulfone groups is 1. The third-order valence-electron chi connectivity index (χ3n) is 2.12. The maximum atomic E-state index is 11.4. The van der Waals surface area contributed by atoms with Crippen molar-refractivity contribution in [1.82, 2.24) is 5.32 Å². The fourth-order valence-electron chi connectivity index (χ4n) is 1.44. The highest BCUT2D eigenvalue weighted by Gasteiger charge is 2.28. The minimum Gasteiger partial charge on any atom is -0.480 e. The van der Waals surface area contributed by atoms with Gasteiger partial charge in [-0.1, -0.05) is 0 Å². The zero-order valence-electron chi connectivity index (χ0n) is 7.19. The summed E-state index contributed by atoms with van der Waals surface area (Å²) >= 11 is 0. The number of carbonyl (C=O) groups is 1. The summed E-state index contributed by atoms with van der Waals surface area (Å²) in [4.78, 5) is 10.3. The molecule has 0 amide bonds. The van der Waals surface area contributed by atoms with E-state index in [0.717, 1.165) is 0 Å². The van der Waals surface area contributed by atoms with E-state index in [2.05, 4.69) is 5.32 Å². The maximum absolute atomic E-state index is 11.4. The number of nitrogens with one attached hydrogen (secondary N) is 1. The lowest BCUT2D eigenvalue weighted by atomic mass is 10.2. The number of piperidine rings is 1. The Bertz CT molecular complexity index is 279. The van der Waals surface area contributed by atoms with Crippen molar-refractivity contribution < 1.29 is 18.3 Å². The summed E-state index contributed by atoms with van der Waals surface area (Å²) in [6, 6.07) is 0. The Morgan fingerprint density at radius 1 is 1.38 bits per heavy atom. The Morgan fingerprint density at radius 2 is 1.92 bits per heavy atom. The molecule has 0 unspecified atom stereocenters. The second kappa shape index (κ2) is 4.06. The molecule has 0 aliphatic carbocycles. The lowest BCUT2D eigenvalue weighted by molar-refractivity contribution is -0.134. The monoisotopic (exact) mass is 207 g/mol. The lowest BCUT2D eigenvalue weighted by Gasteiger charge is -2.21. The number of aliphatic carboxylic acids is 1.